The van der Waals surface area contributed by atoms with Gasteiger partial charge in [0.05, 0.1) is 6.04 Å². The minimum Gasteiger partial charge on any atom is -0.480 e. The Morgan fingerprint density at radius 3 is 2.06 bits per heavy atom. The van der Waals surface area contributed by atoms with E-state index in [1.54, 1.807) is 0 Å². The van der Waals surface area contributed by atoms with Gasteiger partial charge in [0.15, 0.2) is 0 Å². The van der Waals surface area contributed by atoms with Crippen LogP contribution in [0.15, 0.2) is 0 Å². The van der Waals surface area contributed by atoms with Crippen molar-refractivity contribution < 1.29 is 29.1 Å². The number of carbonyl (C=O) groups is 5. The van der Waals surface area contributed by atoms with Crippen molar-refractivity contribution >= 4 is 41.4 Å². The van der Waals surface area contributed by atoms with Crippen LogP contribution in [-0.4, -0.2) is 77.4 Å². The number of carboxylic acid groups (broad SMARTS) is 1. The Morgan fingerprint density at radius 2 is 1.53 bits per heavy atom. The Kier molecular flexibility index (Phi) is 15.1. The molecule has 4 amide bonds. The predicted octanol–water partition coefficient (Wildman–Crippen LogP) is -1.98. The van der Waals surface area contributed by atoms with Gasteiger partial charge in [0, 0.05) is 6.42 Å². The normalized spacial score (nSPS) is 14.5. The van der Waals surface area contributed by atoms with Crippen LogP contribution >= 0.6 is 11.8 Å². The molecule has 0 aromatic heterocycles. The van der Waals surface area contributed by atoms with E-state index in [1.807, 2.05) is 6.26 Å². The summed E-state index contributed by atoms with van der Waals surface area (Å²) in [5.41, 5.74) is 16.3. The van der Waals surface area contributed by atoms with Crippen molar-refractivity contribution in [1.29, 1.82) is 0 Å². The van der Waals surface area contributed by atoms with Gasteiger partial charge in [-0.1, -0.05) is 0 Å². The van der Waals surface area contributed by atoms with E-state index in [-0.39, 0.29) is 25.7 Å². The predicted molar refractivity (Wildman–Crippen MR) is 121 cm³/mol. The maximum absolute atomic E-state index is 12.7. The monoisotopic (exact) mass is 476 g/mol. The number of thioether (sulfide) groups is 1. The second-order valence-corrected chi connectivity index (χ2v) is 8.35. The minimum atomic E-state index is -1.16. The van der Waals surface area contributed by atoms with Crippen molar-refractivity contribution in [2.75, 3.05) is 18.6 Å². The molecule has 10 N–H and O–H groups in total. The second kappa shape index (κ2) is 16.3. The van der Waals surface area contributed by atoms with Crippen LogP contribution in [0.25, 0.3) is 0 Å². The molecule has 32 heavy (non-hydrogen) atoms. The quantitative estimate of drug-likeness (QED) is 0.115. The number of carbonyl (C=O) groups excluding carboxylic acids is 4. The summed E-state index contributed by atoms with van der Waals surface area (Å²) in [7, 11) is 0. The maximum atomic E-state index is 12.7. The summed E-state index contributed by atoms with van der Waals surface area (Å²) in [4.78, 5) is 59.5. The van der Waals surface area contributed by atoms with Crippen LogP contribution in [0.2, 0.25) is 0 Å². The number of amides is 4. The lowest BCUT2D eigenvalue weighted by atomic mass is 10.1. The van der Waals surface area contributed by atoms with Gasteiger partial charge in [-0.2, -0.15) is 11.8 Å². The summed E-state index contributed by atoms with van der Waals surface area (Å²) in [5.74, 6) is -3.11. The minimum absolute atomic E-state index is 0.0315. The van der Waals surface area contributed by atoms with Gasteiger partial charge in [0.25, 0.3) is 0 Å². The fraction of sp³-hybridized carbons (Fsp3) is 0.737. The molecule has 0 aliphatic rings. The molecule has 0 rings (SSSR count). The number of nitrogens with two attached hydrogens (primary N) is 3. The fourth-order valence-corrected chi connectivity index (χ4v) is 3.11. The number of primary amides is 1. The van der Waals surface area contributed by atoms with Crippen LogP contribution in [0.4, 0.5) is 0 Å². The van der Waals surface area contributed by atoms with E-state index >= 15 is 0 Å². The first-order valence-electron chi connectivity index (χ1n) is 10.4. The van der Waals surface area contributed by atoms with Crippen LogP contribution in [0.1, 0.15) is 45.4 Å². The first-order chi connectivity index (χ1) is 15.0. The highest BCUT2D eigenvalue weighted by Gasteiger charge is 2.28. The number of rotatable bonds is 17. The van der Waals surface area contributed by atoms with Crippen LogP contribution in [-0.2, 0) is 24.0 Å². The molecule has 0 aromatic rings. The van der Waals surface area contributed by atoms with E-state index in [9.17, 15) is 29.1 Å². The third-order valence-electron chi connectivity index (χ3n) is 4.60. The molecular formula is C19H36N6O6S. The molecule has 0 aliphatic carbocycles. The lowest BCUT2D eigenvalue weighted by Gasteiger charge is -2.23. The molecule has 0 heterocycles. The average molecular weight is 477 g/mol. The van der Waals surface area contributed by atoms with E-state index in [4.69, 9.17) is 17.2 Å². The van der Waals surface area contributed by atoms with Crippen molar-refractivity contribution in [3.8, 4) is 0 Å². The molecule has 184 valence electrons. The van der Waals surface area contributed by atoms with Crippen LogP contribution in [0.3, 0.4) is 0 Å². The van der Waals surface area contributed by atoms with Gasteiger partial charge in [-0.05, 0) is 57.6 Å². The molecule has 12 nitrogen and oxygen atoms in total. The molecule has 13 heteroatoms. The van der Waals surface area contributed by atoms with Crippen molar-refractivity contribution in [2.45, 2.75) is 69.6 Å². The highest BCUT2D eigenvalue weighted by atomic mass is 32.2. The van der Waals surface area contributed by atoms with E-state index in [1.165, 1.54) is 18.7 Å². The number of hydrogen-bond acceptors (Lipinski definition) is 8. The van der Waals surface area contributed by atoms with Gasteiger partial charge in [-0.25, -0.2) is 4.79 Å². The number of nitrogens with one attached hydrogen (secondary N) is 3. The molecule has 0 fully saturated rings. The molecule has 0 aromatic carbocycles. The van der Waals surface area contributed by atoms with Gasteiger partial charge in [0.2, 0.25) is 23.6 Å². The van der Waals surface area contributed by atoms with Crippen molar-refractivity contribution in [3.63, 3.8) is 0 Å². The first-order valence-corrected chi connectivity index (χ1v) is 11.8. The lowest BCUT2D eigenvalue weighted by molar-refractivity contribution is -0.142. The van der Waals surface area contributed by atoms with E-state index in [2.05, 4.69) is 16.0 Å². The summed E-state index contributed by atoms with van der Waals surface area (Å²) >= 11 is 1.45. The fourth-order valence-electron chi connectivity index (χ4n) is 2.64. The summed E-state index contributed by atoms with van der Waals surface area (Å²) < 4.78 is 0. The standard InChI is InChI=1S/C19H36N6O6S/c1-11(16(27)25-14(19(30)31)8-10-32-2)23-18(29)13(5-3-4-9-20)24-17(28)12(21)6-7-15(22)26/h11-14H,3-10,20-21H2,1-2H3,(H2,22,26)(H,23,29)(H,24,28)(H,25,27)(H,30,31). The zero-order valence-electron chi connectivity index (χ0n) is 18.6. The summed E-state index contributed by atoms with van der Waals surface area (Å²) in [5, 5.41) is 16.7. The molecule has 0 saturated carbocycles. The molecule has 0 spiro atoms. The summed E-state index contributed by atoms with van der Waals surface area (Å²) in [6.45, 7) is 1.82. The number of aliphatic carboxylic acids is 1. The molecular weight excluding hydrogens is 440 g/mol. The van der Waals surface area contributed by atoms with Crippen LogP contribution in [0, 0.1) is 0 Å². The average Bonchev–Trinajstić information content (AvgIpc) is 2.73. The van der Waals surface area contributed by atoms with Crippen molar-refractivity contribution in [1.82, 2.24) is 16.0 Å². The third kappa shape index (κ3) is 12.5. The number of carboxylic acids is 1. The summed E-state index contributed by atoms with van der Waals surface area (Å²) in [6, 6.07) is -4.11. The largest absolute Gasteiger partial charge is 0.480 e. The van der Waals surface area contributed by atoms with Crippen molar-refractivity contribution in [2.24, 2.45) is 17.2 Å². The Hall–Kier alpha value is -2.38. The Morgan fingerprint density at radius 1 is 0.906 bits per heavy atom. The summed E-state index contributed by atoms with van der Waals surface area (Å²) in [6.07, 6.45) is 3.45. The highest BCUT2D eigenvalue weighted by Crippen LogP contribution is 2.05. The zero-order valence-corrected chi connectivity index (χ0v) is 19.4. The topological polar surface area (TPSA) is 220 Å². The Labute approximate surface area is 192 Å². The van der Waals surface area contributed by atoms with Gasteiger partial charge in [-0.15, -0.1) is 0 Å². The van der Waals surface area contributed by atoms with Crippen LogP contribution in [0.5, 0.6) is 0 Å². The molecule has 0 bridgehead atoms. The molecule has 0 saturated heterocycles. The molecule has 0 radical (unpaired) electrons. The Balaban J connectivity index is 5.02. The van der Waals surface area contributed by atoms with Crippen LogP contribution < -0.4 is 33.2 Å². The maximum Gasteiger partial charge on any atom is 0.326 e. The lowest BCUT2D eigenvalue weighted by Crippen LogP contribution is -2.56. The van der Waals surface area contributed by atoms with E-state index in [0.717, 1.165) is 0 Å². The van der Waals surface area contributed by atoms with Gasteiger partial charge in [-0.3, -0.25) is 19.2 Å². The van der Waals surface area contributed by atoms with E-state index in [0.29, 0.717) is 25.1 Å². The number of hydrogen-bond donors (Lipinski definition) is 7. The number of unbranched alkanes of at least 4 members (excludes halogenated alkanes) is 1. The van der Waals surface area contributed by atoms with Gasteiger partial charge >= 0.3 is 5.97 Å². The van der Waals surface area contributed by atoms with Gasteiger partial charge in [0.1, 0.15) is 18.1 Å². The third-order valence-corrected chi connectivity index (χ3v) is 5.24. The smallest absolute Gasteiger partial charge is 0.326 e. The molecule has 4 unspecified atom stereocenters. The second-order valence-electron chi connectivity index (χ2n) is 7.37. The SMILES string of the molecule is CSCCC(NC(=O)C(C)NC(=O)C(CCCCN)NC(=O)C(N)CCC(N)=O)C(=O)O. The Bertz CT molecular complexity index is 650. The zero-order chi connectivity index (χ0) is 24.7. The highest BCUT2D eigenvalue weighted by molar-refractivity contribution is 7.98. The van der Waals surface area contributed by atoms with Gasteiger partial charge < -0.3 is 38.3 Å². The van der Waals surface area contributed by atoms with E-state index < -0.39 is 53.8 Å². The van der Waals surface area contributed by atoms with Crippen molar-refractivity contribution in [3.05, 3.63) is 0 Å². The first kappa shape index (κ1) is 29.6. The molecule has 0 aliphatic heterocycles. The molecule has 4 atom stereocenters.